The van der Waals surface area contributed by atoms with Crippen molar-refractivity contribution in [2.24, 2.45) is 11.7 Å². The van der Waals surface area contributed by atoms with Crippen molar-refractivity contribution < 1.29 is 9.53 Å². The highest BCUT2D eigenvalue weighted by molar-refractivity contribution is 5.73. The minimum atomic E-state index is -0.234. The van der Waals surface area contributed by atoms with Gasteiger partial charge in [-0.3, -0.25) is 4.79 Å². The summed E-state index contributed by atoms with van der Waals surface area (Å²) in [6.07, 6.45) is 1.63. The van der Waals surface area contributed by atoms with Crippen molar-refractivity contribution in [1.82, 2.24) is 0 Å². The molecule has 1 unspecified atom stereocenters. The summed E-state index contributed by atoms with van der Waals surface area (Å²) < 4.78 is 5.02. The van der Waals surface area contributed by atoms with Gasteiger partial charge in [0.15, 0.2) is 0 Å². The summed E-state index contributed by atoms with van der Waals surface area (Å²) in [5.74, 6) is -0.427. The van der Waals surface area contributed by atoms with E-state index >= 15 is 0 Å². The monoisotopic (exact) mass is 235 g/mol. The topological polar surface area (TPSA) is 52.3 Å². The van der Waals surface area contributed by atoms with Crippen molar-refractivity contribution in [3.05, 3.63) is 35.4 Å². The van der Waals surface area contributed by atoms with E-state index in [1.54, 1.807) is 0 Å². The van der Waals surface area contributed by atoms with E-state index < -0.39 is 0 Å². The van der Waals surface area contributed by atoms with Gasteiger partial charge in [-0.1, -0.05) is 31.2 Å². The summed E-state index contributed by atoms with van der Waals surface area (Å²) >= 11 is 0. The number of esters is 1. The van der Waals surface area contributed by atoms with Crippen molar-refractivity contribution in [1.29, 1.82) is 0 Å². The fourth-order valence-corrected chi connectivity index (χ4v) is 1.89. The summed E-state index contributed by atoms with van der Waals surface area (Å²) in [7, 11) is 0. The maximum absolute atomic E-state index is 11.7. The molecule has 2 N–H and O–H groups in total. The lowest BCUT2D eigenvalue weighted by molar-refractivity contribution is -0.147. The number of hydrogen-bond donors (Lipinski definition) is 1. The minimum Gasteiger partial charge on any atom is -0.466 e. The molecule has 3 nitrogen and oxygen atoms in total. The van der Waals surface area contributed by atoms with E-state index in [0.717, 1.165) is 6.42 Å². The van der Waals surface area contributed by atoms with E-state index in [2.05, 4.69) is 19.1 Å². The molecular formula is C14H21NO2. The van der Waals surface area contributed by atoms with Gasteiger partial charge in [-0.25, -0.2) is 0 Å². The van der Waals surface area contributed by atoms with Gasteiger partial charge in [0.05, 0.1) is 12.5 Å². The van der Waals surface area contributed by atoms with Crippen molar-refractivity contribution >= 4 is 5.97 Å². The molecule has 3 heteroatoms. The molecule has 0 aliphatic heterocycles. The zero-order valence-electron chi connectivity index (χ0n) is 10.6. The van der Waals surface area contributed by atoms with Crippen LogP contribution in [0.15, 0.2) is 24.3 Å². The summed E-state index contributed by atoms with van der Waals surface area (Å²) in [5.41, 5.74) is 8.11. The van der Waals surface area contributed by atoms with E-state index in [0.29, 0.717) is 19.6 Å². The smallest absolute Gasteiger partial charge is 0.310 e. The van der Waals surface area contributed by atoms with E-state index in [9.17, 15) is 4.79 Å². The Morgan fingerprint density at radius 1 is 1.29 bits per heavy atom. The van der Waals surface area contributed by atoms with Crippen LogP contribution in [0.1, 0.15) is 25.0 Å². The average Bonchev–Trinajstić information content (AvgIpc) is 2.36. The molecule has 1 rings (SSSR count). The third-order valence-electron chi connectivity index (χ3n) is 2.87. The van der Waals surface area contributed by atoms with Crippen LogP contribution >= 0.6 is 0 Å². The number of rotatable bonds is 6. The van der Waals surface area contributed by atoms with Crippen molar-refractivity contribution in [3.8, 4) is 0 Å². The van der Waals surface area contributed by atoms with Gasteiger partial charge in [-0.15, -0.1) is 0 Å². The molecular weight excluding hydrogens is 214 g/mol. The number of carbonyl (C=O) groups excluding carboxylic acids is 1. The summed E-state index contributed by atoms with van der Waals surface area (Å²) in [4.78, 5) is 11.7. The number of hydrogen-bond acceptors (Lipinski definition) is 3. The molecule has 0 radical (unpaired) electrons. The maximum Gasteiger partial charge on any atom is 0.310 e. The molecule has 0 fully saturated rings. The normalized spacial score (nSPS) is 12.2. The Labute approximate surface area is 103 Å². The molecule has 0 bridgehead atoms. The third kappa shape index (κ3) is 3.86. The molecule has 1 atom stereocenters. The molecule has 17 heavy (non-hydrogen) atoms. The first kappa shape index (κ1) is 13.7. The van der Waals surface area contributed by atoms with Crippen LogP contribution in [0.25, 0.3) is 0 Å². The Kier molecular flexibility index (Phi) is 5.70. The largest absolute Gasteiger partial charge is 0.466 e. The molecule has 0 heterocycles. The second-order valence-electron chi connectivity index (χ2n) is 4.01. The number of carbonyl (C=O) groups is 1. The Bertz CT molecular complexity index is 363. The van der Waals surface area contributed by atoms with Gasteiger partial charge in [0.25, 0.3) is 0 Å². The molecule has 94 valence electrons. The summed E-state index contributed by atoms with van der Waals surface area (Å²) in [6, 6.07) is 8.16. The van der Waals surface area contributed by atoms with Crippen molar-refractivity contribution in [2.75, 3.05) is 13.2 Å². The Balaban J connectivity index is 2.76. The molecule has 0 amide bonds. The lowest BCUT2D eigenvalue weighted by Gasteiger charge is -2.15. The second-order valence-corrected chi connectivity index (χ2v) is 4.01. The standard InChI is InChI=1S/C14H21NO2/c1-3-11-7-5-6-8-12(11)9-13(10-15)14(16)17-4-2/h5-8,13H,3-4,9-10,15H2,1-2H3. The fraction of sp³-hybridized carbons (Fsp3) is 0.500. The van der Waals surface area contributed by atoms with E-state index in [1.807, 2.05) is 19.1 Å². The van der Waals surface area contributed by atoms with Crippen LogP contribution in [0.2, 0.25) is 0 Å². The first-order chi connectivity index (χ1) is 8.22. The predicted molar refractivity (Wildman–Crippen MR) is 68.7 cm³/mol. The van der Waals surface area contributed by atoms with Gasteiger partial charge in [0.2, 0.25) is 0 Å². The first-order valence-electron chi connectivity index (χ1n) is 6.16. The van der Waals surface area contributed by atoms with Gasteiger partial charge in [-0.05, 0) is 30.9 Å². The highest BCUT2D eigenvalue weighted by Crippen LogP contribution is 2.15. The quantitative estimate of drug-likeness (QED) is 0.766. The van der Waals surface area contributed by atoms with Gasteiger partial charge >= 0.3 is 5.97 Å². The number of aryl methyl sites for hydroxylation is 1. The lowest BCUT2D eigenvalue weighted by atomic mass is 9.94. The zero-order chi connectivity index (χ0) is 12.7. The molecule has 0 saturated heterocycles. The summed E-state index contributed by atoms with van der Waals surface area (Å²) in [6.45, 7) is 4.66. The second kappa shape index (κ2) is 7.07. The molecule has 1 aromatic carbocycles. The van der Waals surface area contributed by atoms with Crippen LogP contribution in [0.3, 0.4) is 0 Å². The van der Waals surface area contributed by atoms with Gasteiger partial charge in [-0.2, -0.15) is 0 Å². The van der Waals surface area contributed by atoms with Crippen molar-refractivity contribution in [2.45, 2.75) is 26.7 Å². The predicted octanol–water partition coefficient (Wildman–Crippen LogP) is 1.93. The number of ether oxygens (including phenoxy) is 1. The van der Waals surface area contributed by atoms with Crippen LogP contribution in [0.4, 0.5) is 0 Å². The van der Waals surface area contributed by atoms with Crippen LogP contribution in [-0.4, -0.2) is 19.1 Å². The summed E-state index contributed by atoms with van der Waals surface area (Å²) in [5, 5.41) is 0. The highest BCUT2D eigenvalue weighted by Gasteiger charge is 2.19. The van der Waals surface area contributed by atoms with Gasteiger partial charge in [0.1, 0.15) is 0 Å². The zero-order valence-corrected chi connectivity index (χ0v) is 10.6. The third-order valence-corrected chi connectivity index (χ3v) is 2.87. The fourth-order valence-electron chi connectivity index (χ4n) is 1.89. The first-order valence-corrected chi connectivity index (χ1v) is 6.16. The Morgan fingerprint density at radius 2 is 1.94 bits per heavy atom. The van der Waals surface area contributed by atoms with E-state index in [4.69, 9.17) is 10.5 Å². The van der Waals surface area contributed by atoms with Crippen LogP contribution in [0.5, 0.6) is 0 Å². The highest BCUT2D eigenvalue weighted by atomic mass is 16.5. The number of benzene rings is 1. The van der Waals surface area contributed by atoms with Gasteiger partial charge < -0.3 is 10.5 Å². The minimum absolute atomic E-state index is 0.194. The average molecular weight is 235 g/mol. The molecule has 1 aromatic rings. The van der Waals surface area contributed by atoms with Crippen LogP contribution in [0, 0.1) is 5.92 Å². The van der Waals surface area contributed by atoms with E-state index in [-0.39, 0.29) is 11.9 Å². The molecule has 0 saturated carbocycles. The van der Waals surface area contributed by atoms with Crippen LogP contribution < -0.4 is 5.73 Å². The Morgan fingerprint density at radius 3 is 2.47 bits per heavy atom. The van der Waals surface area contributed by atoms with Gasteiger partial charge in [0, 0.05) is 6.54 Å². The molecule has 0 aliphatic rings. The molecule has 0 aliphatic carbocycles. The molecule has 0 aromatic heterocycles. The lowest BCUT2D eigenvalue weighted by Crippen LogP contribution is -2.28. The molecule has 0 spiro atoms. The maximum atomic E-state index is 11.7. The number of nitrogens with two attached hydrogens (primary N) is 1. The van der Waals surface area contributed by atoms with E-state index in [1.165, 1.54) is 11.1 Å². The van der Waals surface area contributed by atoms with Crippen molar-refractivity contribution in [3.63, 3.8) is 0 Å². The Hall–Kier alpha value is -1.35. The SMILES string of the molecule is CCOC(=O)C(CN)Cc1ccccc1CC. The van der Waals surface area contributed by atoms with Crippen LogP contribution in [-0.2, 0) is 22.4 Å².